The summed E-state index contributed by atoms with van der Waals surface area (Å²) in [6, 6.07) is 11.3. The molecule has 5 heteroatoms. The molecule has 4 rings (SSSR count). The Balaban J connectivity index is 1.34. The van der Waals surface area contributed by atoms with Gasteiger partial charge in [0.1, 0.15) is 11.4 Å². The van der Waals surface area contributed by atoms with Crippen molar-refractivity contribution in [2.24, 2.45) is 0 Å². The molecule has 0 unspecified atom stereocenters. The summed E-state index contributed by atoms with van der Waals surface area (Å²) in [6.45, 7) is 7.09. The molecule has 2 aliphatic heterocycles. The molecule has 1 fully saturated rings. The second-order valence-corrected chi connectivity index (χ2v) is 8.99. The number of aryl methyl sites for hydroxylation is 3. The zero-order valence-corrected chi connectivity index (χ0v) is 18.5. The first-order valence-electron chi connectivity index (χ1n) is 11.0. The average Bonchev–Trinajstić information content (AvgIpc) is 2.74. The van der Waals surface area contributed by atoms with Crippen molar-refractivity contribution in [3.05, 3.63) is 64.2 Å². The largest absolute Gasteiger partial charge is 0.486 e. The van der Waals surface area contributed by atoms with Crippen LogP contribution < -0.4 is 4.74 Å². The number of ketones is 2. The monoisotopic (exact) mass is 419 g/mol. The Labute approximate surface area is 183 Å². The predicted molar refractivity (Wildman–Crippen MR) is 119 cm³/mol. The van der Waals surface area contributed by atoms with Crippen LogP contribution in [-0.2, 0) is 4.79 Å². The summed E-state index contributed by atoms with van der Waals surface area (Å²) in [4.78, 5) is 39.6. The molecule has 0 bridgehead atoms. The van der Waals surface area contributed by atoms with E-state index in [-0.39, 0.29) is 30.3 Å². The maximum absolute atomic E-state index is 12.8. The van der Waals surface area contributed by atoms with Gasteiger partial charge in [0.05, 0.1) is 12.0 Å². The van der Waals surface area contributed by atoms with Crippen LogP contribution in [-0.4, -0.2) is 41.1 Å². The van der Waals surface area contributed by atoms with Crippen LogP contribution in [0.25, 0.3) is 0 Å². The highest BCUT2D eigenvalue weighted by Gasteiger charge is 2.43. The zero-order chi connectivity index (χ0) is 22.2. The SMILES string of the molecule is Cc1ccc(C(=O)CCC(=O)N2CCC3(CC2)CC(=O)c2cc(C)c(C)cc2O3)cc1. The van der Waals surface area contributed by atoms with Crippen LogP contribution in [0.2, 0.25) is 0 Å². The van der Waals surface area contributed by atoms with E-state index in [1.807, 2.05) is 57.2 Å². The molecule has 1 spiro atoms. The Hall–Kier alpha value is -2.95. The maximum atomic E-state index is 12.8. The van der Waals surface area contributed by atoms with Gasteiger partial charge in [-0.05, 0) is 44.0 Å². The van der Waals surface area contributed by atoms with Crippen LogP contribution in [0, 0.1) is 20.8 Å². The van der Waals surface area contributed by atoms with Crippen molar-refractivity contribution in [1.29, 1.82) is 0 Å². The molecule has 2 heterocycles. The highest BCUT2D eigenvalue weighted by molar-refractivity contribution is 6.01. The maximum Gasteiger partial charge on any atom is 0.223 e. The Bertz CT molecular complexity index is 1030. The number of fused-ring (bicyclic) bond motifs is 1. The molecule has 162 valence electrons. The van der Waals surface area contributed by atoms with Gasteiger partial charge in [0.15, 0.2) is 11.6 Å². The second-order valence-electron chi connectivity index (χ2n) is 8.99. The zero-order valence-electron chi connectivity index (χ0n) is 18.5. The summed E-state index contributed by atoms with van der Waals surface area (Å²) in [5.41, 5.74) is 4.09. The molecule has 0 N–H and O–H groups in total. The second kappa shape index (κ2) is 8.29. The molecule has 1 saturated heterocycles. The van der Waals surface area contributed by atoms with E-state index in [0.29, 0.717) is 49.2 Å². The van der Waals surface area contributed by atoms with E-state index in [1.165, 1.54) is 0 Å². The molecule has 31 heavy (non-hydrogen) atoms. The quantitative estimate of drug-likeness (QED) is 0.680. The minimum atomic E-state index is -0.528. The van der Waals surface area contributed by atoms with Crippen molar-refractivity contribution in [3.63, 3.8) is 0 Å². The number of benzene rings is 2. The number of carbonyl (C=O) groups is 3. The van der Waals surface area contributed by atoms with Crippen LogP contribution in [0.1, 0.15) is 69.5 Å². The van der Waals surface area contributed by atoms with Gasteiger partial charge in [-0.15, -0.1) is 0 Å². The van der Waals surface area contributed by atoms with Gasteiger partial charge in [0, 0.05) is 44.3 Å². The highest BCUT2D eigenvalue weighted by Crippen LogP contribution is 2.40. The lowest BCUT2D eigenvalue weighted by Gasteiger charge is -2.44. The van der Waals surface area contributed by atoms with Crippen LogP contribution >= 0.6 is 0 Å². The standard InChI is InChI=1S/C26H29NO4/c1-17-4-6-20(7-5-17)22(28)8-9-25(30)27-12-10-26(11-13-27)16-23(29)21-14-18(2)19(3)15-24(21)31-26/h4-7,14-15H,8-13,16H2,1-3H3. The van der Waals surface area contributed by atoms with E-state index in [1.54, 1.807) is 4.90 Å². The molecule has 5 nitrogen and oxygen atoms in total. The minimum absolute atomic E-state index is 0.00897. The summed E-state index contributed by atoms with van der Waals surface area (Å²) < 4.78 is 6.35. The number of piperidine rings is 1. The Morgan fingerprint density at radius 2 is 1.61 bits per heavy atom. The fraction of sp³-hybridized carbons (Fsp3) is 0.423. The third kappa shape index (κ3) is 4.41. The van der Waals surface area contributed by atoms with Gasteiger partial charge in [-0.1, -0.05) is 29.8 Å². The van der Waals surface area contributed by atoms with E-state index in [2.05, 4.69) is 0 Å². The van der Waals surface area contributed by atoms with Gasteiger partial charge >= 0.3 is 0 Å². The molecule has 2 aromatic rings. The van der Waals surface area contributed by atoms with Crippen LogP contribution in [0.15, 0.2) is 36.4 Å². The summed E-state index contributed by atoms with van der Waals surface area (Å²) in [5.74, 6) is 0.769. The van der Waals surface area contributed by atoms with E-state index in [4.69, 9.17) is 4.74 Å². The van der Waals surface area contributed by atoms with Gasteiger partial charge in [0.25, 0.3) is 0 Å². The van der Waals surface area contributed by atoms with Crippen LogP contribution in [0.5, 0.6) is 5.75 Å². The lowest BCUT2D eigenvalue weighted by molar-refractivity contribution is -0.134. The number of hydrogen-bond donors (Lipinski definition) is 0. The van der Waals surface area contributed by atoms with Crippen molar-refractivity contribution in [2.75, 3.05) is 13.1 Å². The summed E-state index contributed by atoms with van der Waals surface area (Å²) >= 11 is 0. The summed E-state index contributed by atoms with van der Waals surface area (Å²) in [6.07, 6.45) is 2.03. The van der Waals surface area contributed by atoms with Gasteiger partial charge in [0.2, 0.25) is 5.91 Å². The van der Waals surface area contributed by atoms with Gasteiger partial charge in [-0.3, -0.25) is 14.4 Å². The molecule has 0 atom stereocenters. The smallest absolute Gasteiger partial charge is 0.223 e. The first kappa shape index (κ1) is 21.3. The number of amides is 1. The van der Waals surface area contributed by atoms with Crippen molar-refractivity contribution in [1.82, 2.24) is 4.90 Å². The number of likely N-dealkylation sites (tertiary alicyclic amines) is 1. The van der Waals surface area contributed by atoms with Crippen molar-refractivity contribution in [2.45, 2.75) is 58.5 Å². The van der Waals surface area contributed by atoms with Crippen molar-refractivity contribution >= 4 is 17.5 Å². The third-order valence-corrected chi connectivity index (χ3v) is 6.67. The highest BCUT2D eigenvalue weighted by atomic mass is 16.5. The van der Waals surface area contributed by atoms with E-state index in [0.717, 1.165) is 16.7 Å². The Morgan fingerprint density at radius 1 is 0.968 bits per heavy atom. The normalized spacial score (nSPS) is 17.3. The summed E-state index contributed by atoms with van der Waals surface area (Å²) in [7, 11) is 0. The number of rotatable bonds is 4. The fourth-order valence-corrected chi connectivity index (χ4v) is 4.45. The predicted octanol–water partition coefficient (Wildman–Crippen LogP) is 4.60. The topological polar surface area (TPSA) is 63.7 Å². The average molecular weight is 420 g/mol. The molecular formula is C26H29NO4. The van der Waals surface area contributed by atoms with Crippen LogP contribution in [0.3, 0.4) is 0 Å². The first-order valence-corrected chi connectivity index (χ1v) is 11.0. The van der Waals surface area contributed by atoms with E-state index in [9.17, 15) is 14.4 Å². The molecule has 1 amide bonds. The molecule has 2 aromatic carbocycles. The number of Topliss-reactive ketones (excluding diaryl/α,β-unsaturated/α-hetero) is 2. The Kier molecular flexibility index (Phi) is 5.69. The Morgan fingerprint density at radius 3 is 2.29 bits per heavy atom. The minimum Gasteiger partial charge on any atom is -0.486 e. The fourth-order valence-electron chi connectivity index (χ4n) is 4.45. The van der Waals surface area contributed by atoms with Crippen LogP contribution in [0.4, 0.5) is 0 Å². The number of carbonyl (C=O) groups excluding carboxylic acids is 3. The first-order chi connectivity index (χ1) is 14.8. The van der Waals surface area contributed by atoms with Crippen molar-refractivity contribution in [3.8, 4) is 5.75 Å². The third-order valence-electron chi connectivity index (χ3n) is 6.67. The molecule has 0 aliphatic carbocycles. The molecule has 2 aliphatic rings. The molecular weight excluding hydrogens is 390 g/mol. The molecule has 0 radical (unpaired) electrons. The lowest BCUT2D eigenvalue weighted by atomic mass is 9.82. The van der Waals surface area contributed by atoms with Gasteiger partial charge < -0.3 is 9.64 Å². The van der Waals surface area contributed by atoms with E-state index < -0.39 is 5.60 Å². The molecule has 0 saturated carbocycles. The van der Waals surface area contributed by atoms with Gasteiger partial charge in [-0.25, -0.2) is 0 Å². The number of ether oxygens (including phenoxy) is 1. The number of hydrogen-bond acceptors (Lipinski definition) is 4. The van der Waals surface area contributed by atoms with Crippen molar-refractivity contribution < 1.29 is 19.1 Å². The van der Waals surface area contributed by atoms with E-state index >= 15 is 0 Å². The number of nitrogens with zero attached hydrogens (tertiary/aromatic N) is 1. The molecule has 0 aromatic heterocycles. The lowest BCUT2D eigenvalue weighted by Crippen LogP contribution is -2.52. The van der Waals surface area contributed by atoms with Gasteiger partial charge in [-0.2, -0.15) is 0 Å². The summed E-state index contributed by atoms with van der Waals surface area (Å²) in [5, 5.41) is 0.